The van der Waals surface area contributed by atoms with Crippen molar-refractivity contribution in [3.05, 3.63) is 65.2 Å². The number of ether oxygens (including phenoxy) is 1. The van der Waals surface area contributed by atoms with Gasteiger partial charge in [0.1, 0.15) is 11.4 Å². The van der Waals surface area contributed by atoms with E-state index in [-0.39, 0.29) is 11.3 Å². The Morgan fingerprint density at radius 1 is 1.13 bits per heavy atom. The van der Waals surface area contributed by atoms with Crippen LogP contribution >= 0.6 is 0 Å². The Labute approximate surface area is 172 Å². The van der Waals surface area contributed by atoms with Gasteiger partial charge in [0.05, 0.1) is 13.7 Å². The number of nitrogens with zero attached hydrogens (tertiary/aromatic N) is 1. The molecule has 1 aliphatic heterocycles. The standard InChI is InChI=1S/C22H22F2N2O4/c1-3-4-11-22(15-6-8-16(23)9-7-15)20(28)26(21(29)25-22)13-18(27)14-5-10-19(30-2)17(24)12-14/h5-10,12H,3-4,11,13H2,1-2H3,(H,25,29)/t22-/m1/s1. The fourth-order valence-corrected chi connectivity index (χ4v) is 3.53. The van der Waals surface area contributed by atoms with Crippen molar-refractivity contribution in [3.63, 3.8) is 0 Å². The monoisotopic (exact) mass is 416 g/mol. The minimum Gasteiger partial charge on any atom is -0.494 e. The van der Waals surface area contributed by atoms with Gasteiger partial charge in [0.2, 0.25) is 0 Å². The van der Waals surface area contributed by atoms with Gasteiger partial charge in [0, 0.05) is 5.56 Å². The van der Waals surface area contributed by atoms with E-state index in [0.717, 1.165) is 17.4 Å². The Kier molecular flexibility index (Phi) is 6.14. The Hall–Kier alpha value is -3.29. The maximum atomic E-state index is 13.9. The van der Waals surface area contributed by atoms with Crippen LogP contribution in [0, 0.1) is 11.6 Å². The number of hydrogen-bond acceptors (Lipinski definition) is 4. The summed E-state index contributed by atoms with van der Waals surface area (Å²) in [7, 11) is 1.30. The zero-order valence-electron chi connectivity index (χ0n) is 16.7. The second kappa shape index (κ2) is 8.61. The summed E-state index contributed by atoms with van der Waals surface area (Å²) < 4.78 is 32.1. The molecule has 1 atom stereocenters. The first-order valence-corrected chi connectivity index (χ1v) is 9.59. The molecule has 6 nitrogen and oxygen atoms in total. The highest BCUT2D eigenvalue weighted by Gasteiger charge is 2.52. The van der Waals surface area contributed by atoms with Crippen molar-refractivity contribution in [1.29, 1.82) is 0 Å². The van der Waals surface area contributed by atoms with Crippen LogP contribution in [0.25, 0.3) is 0 Å². The van der Waals surface area contributed by atoms with Gasteiger partial charge in [-0.15, -0.1) is 0 Å². The first-order valence-electron chi connectivity index (χ1n) is 9.59. The second-order valence-electron chi connectivity index (χ2n) is 7.11. The first kappa shape index (κ1) is 21.4. The Balaban J connectivity index is 1.88. The van der Waals surface area contributed by atoms with Crippen molar-refractivity contribution < 1.29 is 27.9 Å². The van der Waals surface area contributed by atoms with Crippen LogP contribution in [0.5, 0.6) is 5.75 Å². The second-order valence-corrected chi connectivity index (χ2v) is 7.11. The van der Waals surface area contributed by atoms with Crippen LogP contribution in [0.4, 0.5) is 13.6 Å². The first-order chi connectivity index (χ1) is 14.3. The quantitative estimate of drug-likeness (QED) is 0.525. The van der Waals surface area contributed by atoms with E-state index in [4.69, 9.17) is 4.74 Å². The summed E-state index contributed by atoms with van der Waals surface area (Å²) in [5.41, 5.74) is -0.908. The summed E-state index contributed by atoms with van der Waals surface area (Å²) in [5, 5.41) is 2.69. The molecule has 30 heavy (non-hydrogen) atoms. The van der Waals surface area contributed by atoms with Crippen LogP contribution in [0.3, 0.4) is 0 Å². The van der Waals surface area contributed by atoms with Gasteiger partial charge in [-0.1, -0.05) is 31.9 Å². The molecule has 0 aromatic heterocycles. The maximum Gasteiger partial charge on any atom is 0.325 e. The molecule has 0 saturated carbocycles. The molecular formula is C22H22F2N2O4. The van der Waals surface area contributed by atoms with Crippen molar-refractivity contribution in [2.45, 2.75) is 31.7 Å². The van der Waals surface area contributed by atoms with Crippen molar-refractivity contribution >= 4 is 17.7 Å². The number of imide groups is 1. The molecule has 2 aromatic rings. The van der Waals surface area contributed by atoms with Gasteiger partial charge in [-0.25, -0.2) is 13.6 Å². The minimum absolute atomic E-state index is 0.0155. The lowest BCUT2D eigenvalue weighted by Gasteiger charge is -2.27. The number of unbranched alkanes of at least 4 members (excludes halogenated alkanes) is 1. The smallest absolute Gasteiger partial charge is 0.325 e. The van der Waals surface area contributed by atoms with E-state index in [1.807, 2.05) is 6.92 Å². The third-order valence-corrected chi connectivity index (χ3v) is 5.19. The third kappa shape index (κ3) is 3.90. The number of nitrogens with one attached hydrogen (secondary N) is 1. The van der Waals surface area contributed by atoms with Crippen LogP contribution in [-0.2, 0) is 10.3 Å². The highest BCUT2D eigenvalue weighted by atomic mass is 19.1. The Morgan fingerprint density at radius 3 is 2.43 bits per heavy atom. The van der Waals surface area contributed by atoms with Gasteiger partial charge in [-0.05, 0) is 42.3 Å². The van der Waals surface area contributed by atoms with E-state index < -0.39 is 41.4 Å². The summed E-state index contributed by atoms with van der Waals surface area (Å²) in [4.78, 5) is 39.3. The van der Waals surface area contributed by atoms with Gasteiger partial charge in [0.15, 0.2) is 17.3 Å². The molecular weight excluding hydrogens is 394 g/mol. The molecule has 1 N–H and O–H groups in total. The number of carbonyl (C=O) groups excluding carboxylic acids is 3. The number of benzene rings is 2. The molecule has 3 amide bonds. The van der Waals surface area contributed by atoms with Crippen molar-refractivity contribution in [1.82, 2.24) is 10.2 Å². The SMILES string of the molecule is CCCC[C@]1(c2ccc(F)cc2)NC(=O)N(CC(=O)c2ccc(OC)c(F)c2)C1=O. The molecule has 0 bridgehead atoms. The number of carbonyl (C=O) groups is 3. The largest absolute Gasteiger partial charge is 0.494 e. The number of hydrogen-bond donors (Lipinski definition) is 1. The predicted octanol–water partition coefficient (Wildman–Crippen LogP) is 3.79. The van der Waals surface area contributed by atoms with Crippen LogP contribution in [0.2, 0.25) is 0 Å². The van der Waals surface area contributed by atoms with Crippen molar-refractivity contribution in [3.8, 4) is 5.75 Å². The van der Waals surface area contributed by atoms with E-state index >= 15 is 0 Å². The fourth-order valence-electron chi connectivity index (χ4n) is 3.53. The van der Waals surface area contributed by atoms with Crippen LogP contribution in [0.1, 0.15) is 42.1 Å². The number of rotatable bonds is 8. The number of ketones is 1. The zero-order valence-corrected chi connectivity index (χ0v) is 16.7. The highest BCUT2D eigenvalue weighted by Crippen LogP contribution is 2.34. The zero-order chi connectivity index (χ0) is 21.9. The molecule has 0 unspecified atom stereocenters. The summed E-state index contributed by atoms with van der Waals surface area (Å²) in [6.07, 6.45) is 1.71. The molecule has 8 heteroatoms. The molecule has 1 saturated heterocycles. The topological polar surface area (TPSA) is 75.7 Å². The predicted molar refractivity (Wildman–Crippen MR) is 105 cm³/mol. The maximum absolute atomic E-state index is 13.9. The average Bonchev–Trinajstić information content (AvgIpc) is 2.97. The van der Waals surface area contributed by atoms with Gasteiger partial charge >= 0.3 is 6.03 Å². The number of Topliss-reactive ketones (excluding diaryl/α,β-unsaturated/α-hetero) is 1. The van der Waals surface area contributed by atoms with E-state index in [1.165, 1.54) is 43.5 Å². The van der Waals surface area contributed by atoms with Gasteiger partial charge in [-0.2, -0.15) is 0 Å². The minimum atomic E-state index is -1.37. The van der Waals surface area contributed by atoms with Crippen LogP contribution in [0.15, 0.2) is 42.5 Å². The molecule has 0 aliphatic carbocycles. The summed E-state index contributed by atoms with van der Waals surface area (Å²) in [6.45, 7) is 1.41. The van der Waals surface area contributed by atoms with E-state index in [0.29, 0.717) is 18.4 Å². The number of urea groups is 1. The molecule has 1 fully saturated rings. The Morgan fingerprint density at radius 2 is 1.83 bits per heavy atom. The average molecular weight is 416 g/mol. The molecule has 2 aromatic carbocycles. The normalized spacial score (nSPS) is 18.5. The van der Waals surface area contributed by atoms with Crippen molar-refractivity contribution in [2.75, 3.05) is 13.7 Å². The lowest BCUT2D eigenvalue weighted by Crippen LogP contribution is -2.44. The van der Waals surface area contributed by atoms with Crippen LogP contribution < -0.4 is 10.1 Å². The Bertz CT molecular complexity index is 978. The number of halogens is 2. The molecule has 158 valence electrons. The van der Waals surface area contributed by atoms with Gasteiger partial charge in [0.25, 0.3) is 5.91 Å². The van der Waals surface area contributed by atoms with Crippen LogP contribution in [-0.4, -0.2) is 36.3 Å². The van der Waals surface area contributed by atoms with Gasteiger partial charge < -0.3 is 10.1 Å². The molecule has 1 heterocycles. The fraction of sp³-hybridized carbons (Fsp3) is 0.318. The highest BCUT2D eigenvalue weighted by molar-refractivity contribution is 6.11. The molecule has 1 aliphatic rings. The summed E-state index contributed by atoms with van der Waals surface area (Å²) in [6, 6.07) is 8.30. The molecule has 0 radical (unpaired) electrons. The van der Waals surface area contributed by atoms with E-state index in [2.05, 4.69) is 5.32 Å². The number of amides is 3. The summed E-state index contributed by atoms with van der Waals surface area (Å²) >= 11 is 0. The third-order valence-electron chi connectivity index (χ3n) is 5.19. The van der Waals surface area contributed by atoms with Gasteiger partial charge in [-0.3, -0.25) is 14.5 Å². The molecule has 0 spiro atoms. The van der Waals surface area contributed by atoms with Crippen molar-refractivity contribution in [2.24, 2.45) is 0 Å². The van der Waals surface area contributed by atoms with E-state index in [1.54, 1.807) is 0 Å². The van der Waals surface area contributed by atoms with E-state index in [9.17, 15) is 23.2 Å². The summed E-state index contributed by atoms with van der Waals surface area (Å²) in [5.74, 6) is -2.38. The lowest BCUT2D eigenvalue weighted by molar-refractivity contribution is -0.131. The number of methoxy groups -OCH3 is 1. The molecule has 3 rings (SSSR count). The lowest BCUT2D eigenvalue weighted by atomic mass is 9.84.